The SMILES string of the molecule is CCOC(=O)C(F)(F)CCC1C[C@@H]2CC[C@H]1C2. The van der Waals surface area contributed by atoms with Crippen molar-refractivity contribution in [2.45, 2.75) is 51.4 Å². The van der Waals surface area contributed by atoms with Crippen molar-refractivity contribution in [2.24, 2.45) is 17.8 Å². The van der Waals surface area contributed by atoms with Crippen LogP contribution in [0.1, 0.15) is 45.4 Å². The van der Waals surface area contributed by atoms with Crippen LogP contribution in [-0.2, 0) is 9.53 Å². The molecule has 0 amide bonds. The summed E-state index contributed by atoms with van der Waals surface area (Å²) in [5, 5.41) is 0. The molecule has 2 nitrogen and oxygen atoms in total. The molecule has 0 N–H and O–H groups in total. The summed E-state index contributed by atoms with van der Waals surface area (Å²) in [5.74, 6) is -2.84. The molecule has 0 aromatic rings. The van der Waals surface area contributed by atoms with Crippen molar-refractivity contribution in [3.8, 4) is 0 Å². The predicted molar refractivity (Wildman–Crippen MR) is 59.8 cm³/mol. The summed E-state index contributed by atoms with van der Waals surface area (Å²) >= 11 is 0. The van der Waals surface area contributed by atoms with Gasteiger partial charge in [-0.15, -0.1) is 0 Å². The number of hydrogen-bond acceptors (Lipinski definition) is 2. The molecule has 2 aliphatic carbocycles. The number of rotatable bonds is 5. The molecule has 0 aliphatic heterocycles. The second-order valence-electron chi connectivity index (χ2n) is 5.40. The summed E-state index contributed by atoms with van der Waals surface area (Å²) in [6.45, 7) is 1.56. The third kappa shape index (κ3) is 2.78. The molecule has 17 heavy (non-hydrogen) atoms. The van der Waals surface area contributed by atoms with Crippen molar-refractivity contribution < 1.29 is 18.3 Å². The van der Waals surface area contributed by atoms with Crippen molar-refractivity contribution in [2.75, 3.05) is 6.61 Å². The Bertz CT molecular complexity index is 291. The van der Waals surface area contributed by atoms with E-state index in [0.29, 0.717) is 18.3 Å². The molecule has 0 saturated heterocycles. The average Bonchev–Trinajstić information content (AvgIpc) is 2.88. The van der Waals surface area contributed by atoms with E-state index < -0.39 is 11.9 Å². The average molecular weight is 246 g/mol. The summed E-state index contributed by atoms with van der Waals surface area (Å²) in [4.78, 5) is 11.1. The van der Waals surface area contributed by atoms with Crippen molar-refractivity contribution >= 4 is 5.97 Å². The van der Waals surface area contributed by atoms with E-state index in [-0.39, 0.29) is 13.0 Å². The molecule has 4 heteroatoms. The van der Waals surface area contributed by atoms with Gasteiger partial charge in [0.15, 0.2) is 0 Å². The summed E-state index contributed by atoms with van der Waals surface area (Å²) in [7, 11) is 0. The van der Waals surface area contributed by atoms with Crippen LogP contribution in [0.5, 0.6) is 0 Å². The maximum Gasteiger partial charge on any atom is 0.376 e. The molecule has 2 aliphatic rings. The van der Waals surface area contributed by atoms with E-state index in [1.54, 1.807) is 6.92 Å². The zero-order chi connectivity index (χ0) is 12.5. The molecular weight excluding hydrogens is 226 g/mol. The van der Waals surface area contributed by atoms with Crippen LogP contribution < -0.4 is 0 Å². The quantitative estimate of drug-likeness (QED) is 0.695. The maximum absolute atomic E-state index is 13.4. The Labute approximate surface area is 101 Å². The van der Waals surface area contributed by atoms with E-state index in [4.69, 9.17) is 0 Å². The minimum atomic E-state index is -3.29. The lowest BCUT2D eigenvalue weighted by Crippen LogP contribution is -2.31. The molecule has 0 radical (unpaired) electrons. The third-order valence-corrected chi connectivity index (χ3v) is 4.29. The summed E-state index contributed by atoms with van der Waals surface area (Å²) in [6.07, 6.45) is 4.89. The molecule has 2 rings (SSSR count). The van der Waals surface area contributed by atoms with Gasteiger partial charge in [0.25, 0.3) is 0 Å². The first-order valence-electron chi connectivity index (χ1n) is 6.58. The fourth-order valence-corrected chi connectivity index (χ4v) is 3.44. The van der Waals surface area contributed by atoms with E-state index in [0.717, 1.165) is 12.3 Å². The summed E-state index contributed by atoms with van der Waals surface area (Å²) in [6, 6.07) is 0. The number of halogens is 2. The van der Waals surface area contributed by atoms with E-state index in [1.165, 1.54) is 19.3 Å². The highest BCUT2D eigenvalue weighted by Gasteiger charge is 2.44. The van der Waals surface area contributed by atoms with Gasteiger partial charge < -0.3 is 4.74 Å². The van der Waals surface area contributed by atoms with Gasteiger partial charge in [0.2, 0.25) is 0 Å². The summed E-state index contributed by atoms with van der Waals surface area (Å²) < 4.78 is 31.2. The minimum Gasteiger partial charge on any atom is -0.462 e. The Morgan fingerprint density at radius 2 is 2.12 bits per heavy atom. The molecular formula is C13H20F2O2. The molecule has 3 atom stereocenters. The highest BCUT2D eigenvalue weighted by molar-refractivity contribution is 5.77. The van der Waals surface area contributed by atoms with Gasteiger partial charge in [-0.1, -0.05) is 6.42 Å². The molecule has 1 unspecified atom stereocenters. The third-order valence-electron chi connectivity index (χ3n) is 4.29. The molecule has 0 aromatic heterocycles. The number of alkyl halides is 2. The Morgan fingerprint density at radius 3 is 2.65 bits per heavy atom. The number of hydrogen-bond donors (Lipinski definition) is 0. The van der Waals surface area contributed by atoms with Crippen LogP contribution in [0.2, 0.25) is 0 Å². The fraction of sp³-hybridized carbons (Fsp3) is 0.923. The first-order chi connectivity index (χ1) is 8.03. The van der Waals surface area contributed by atoms with Crippen LogP contribution in [-0.4, -0.2) is 18.5 Å². The Hall–Kier alpha value is -0.670. The lowest BCUT2D eigenvalue weighted by Gasteiger charge is -2.23. The van der Waals surface area contributed by atoms with E-state index in [9.17, 15) is 13.6 Å². The Morgan fingerprint density at radius 1 is 1.35 bits per heavy atom. The Kier molecular flexibility index (Phi) is 3.69. The van der Waals surface area contributed by atoms with Crippen molar-refractivity contribution in [1.82, 2.24) is 0 Å². The van der Waals surface area contributed by atoms with Crippen LogP contribution >= 0.6 is 0 Å². The number of fused-ring (bicyclic) bond motifs is 2. The van der Waals surface area contributed by atoms with Crippen molar-refractivity contribution in [1.29, 1.82) is 0 Å². The maximum atomic E-state index is 13.4. The summed E-state index contributed by atoms with van der Waals surface area (Å²) in [5.41, 5.74) is 0. The molecule has 2 fully saturated rings. The van der Waals surface area contributed by atoms with Gasteiger partial charge in [0.05, 0.1) is 6.61 Å². The largest absolute Gasteiger partial charge is 0.462 e. The van der Waals surface area contributed by atoms with Gasteiger partial charge in [-0.3, -0.25) is 0 Å². The van der Waals surface area contributed by atoms with E-state index in [1.807, 2.05) is 0 Å². The van der Waals surface area contributed by atoms with Gasteiger partial charge in [-0.25, -0.2) is 4.79 Å². The van der Waals surface area contributed by atoms with Crippen molar-refractivity contribution in [3.05, 3.63) is 0 Å². The molecule has 0 aromatic carbocycles. The van der Waals surface area contributed by atoms with Crippen LogP contribution in [0.25, 0.3) is 0 Å². The smallest absolute Gasteiger partial charge is 0.376 e. The minimum absolute atomic E-state index is 0.0164. The number of carbonyl (C=O) groups excluding carboxylic acids is 1. The van der Waals surface area contributed by atoms with E-state index >= 15 is 0 Å². The highest BCUT2D eigenvalue weighted by Crippen LogP contribution is 2.50. The topological polar surface area (TPSA) is 26.3 Å². The number of ether oxygens (including phenoxy) is 1. The van der Waals surface area contributed by atoms with Gasteiger partial charge in [-0.2, -0.15) is 8.78 Å². The zero-order valence-electron chi connectivity index (χ0n) is 10.3. The molecule has 2 saturated carbocycles. The van der Waals surface area contributed by atoms with Gasteiger partial charge >= 0.3 is 11.9 Å². The van der Waals surface area contributed by atoms with Gasteiger partial charge in [0.1, 0.15) is 0 Å². The number of carbonyl (C=O) groups is 1. The second kappa shape index (κ2) is 4.91. The molecule has 0 spiro atoms. The molecule has 0 heterocycles. The highest BCUT2D eigenvalue weighted by atomic mass is 19.3. The first kappa shape index (κ1) is 12.8. The van der Waals surface area contributed by atoms with Crippen LogP contribution in [0.3, 0.4) is 0 Å². The predicted octanol–water partition coefficient (Wildman–Crippen LogP) is 3.40. The number of esters is 1. The normalized spacial score (nSPS) is 31.8. The van der Waals surface area contributed by atoms with E-state index in [2.05, 4.69) is 4.74 Å². The van der Waals surface area contributed by atoms with Gasteiger partial charge in [-0.05, 0) is 50.4 Å². The lowest BCUT2D eigenvalue weighted by atomic mass is 9.85. The molecule has 98 valence electrons. The lowest BCUT2D eigenvalue weighted by molar-refractivity contribution is -0.172. The van der Waals surface area contributed by atoms with Gasteiger partial charge in [0, 0.05) is 6.42 Å². The standard InChI is InChI=1S/C13H20F2O2/c1-2-17-12(16)13(14,15)6-5-11-8-9-3-4-10(11)7-9/h9-11H,2-8H2,1H3/t9-,10+,11?/m1/s1. The van der Waals surface area contributed by atoms with Crippen LogP contribution in [0, 0.1) is 17.8 Å². The molecule has 2 bridgehead atoms. The fourth-order valence-electron chi connectivity index (χ4n) is 3.44. The monoisotopic (exact) mass is 246 g/mol. The van der Waals surface area contributed by atoms with Crippen LogP contribution in [0.15, 0.2) is 0 Å². The zero-order valence-corrected chi connectivity index (χ0v) is 10.3. The van der Waals surface area contributed by atoms with Crippen LogP contribution in [0.4, 0.5) is 8.78 Å². The van der Waals surface area contributed by atoms with Crippen molar-refractivity contribution in [3.63, 3.8) is 0 Å². The Balaban J connectivity index is 1.79. The first-order valence-corrected chi connectivity index (χ1v) is 6.58. The second-order valence-corrected chi connectivity index (χ2v) is 5.40.